The molecular weight excluding hydrogens is 372 g/mol. The summed E-state index contributed by atoms with van der Waals surface area (Å²) in [6.07, 6.45) is 0. The molecule has 0 aliphatic rings. The Morgan fingerprint density at radius 2 is 1.10 bits per heavy atom. The van der Waals surface area contributed by atoms with E-state index in [9.17, 15) is 0 Å². The van der Waals surface area contributed by atoms with E-state index in [4.69, 9.17) is 4.74 Å². The maximum atomic E-state index is 5.98. The van der Waals surface area contributed by atoms with Crippen LogP contribution in [0.2, 0.25) is 0 Å². The third-order valence-electron chi connectivity index (χ3n) is 4.66. The van der Waals surface area contributed by atoms with Crippen LogP contribution in [0.4, 0.5) is 0 Å². The van der Waals surface area contributed by atoms with Gasteiger partial charge in [0.15, 0.2) is 0 Å². The first-order chi connectivity index (χ1) is 14.4. The molecule has 4 aromatic carbocycles. The summed E-state index contributed by atoms with van der Waals surface area (Å²) in [6.45, 7) is 0. The van der Waals surface area contributed by atoms with Crippen molar-refractivity contribution < 1.29 is 4.74 Å². The van der Waals surface area contributed by atoms with Crippen LogP contribution in [-0.4, -0.2) is 7.11 Å². The first-order valence-corrected chi connectivity index (χ1v) is 10.4. The number of methoxy groups -OCH3 is 1. The van der Waals surface area contributed by atoms with Crippen molar-refractivity contribution in [2.24, 2.45) is 0 Å². The van der Waals surface area contributed by atoms with Crippen LogP contribution < -0.4 is 0 Å². The zero-order valence-electron chi connectivity index (χ0n) is 16.3. The summed E-state index contributed by atoms with van der Waals surface area (Å²) in [5.74, 6) is 0.873. The van der Waals surface area contributed by atoms with Crippen LogP contribution in [0.5, 0.6) is 0 Å². The summed E-state index contributed by atoms with van der Waals surface area (Å²) in [7, 11) is 1.75. The Balaban J connectivity index is 1.93. The summed E-state index contributed by atoms with van der Waals surface area (Å²) in [5.41, 5.74) is 4.45. The van der Waals surface area contributed by atoms with Gasteiger partial charge in [-0.1, -0.05) is 109 Å². The average Bonchev–Trinajstić information content (AvgIpc) is 2.80. The van der Waals surface area contributed by atoms with E-state index in [0.29, 0.717) is 0 Å². The van der Waals surface area contributed by atoms with E-state index in [0.717, 1.165) is 28.0 Å². The molecule has 4 rings (SSSR count). The molecule has 0 radical (unpaired) electrons. The molecule has 2 heteroatoms. The monoisotopic (exact) mass is 394 g/mol. The van der Waals surface area contributed by atoms with Gasteiger partial charge in [-0.2, -0.15) is 0 Å². The molecule has 1 nitrogen and oxygen atoms in total. The molecule has 0 aliphatic carbocycles. The Kier molecular flexibility index (Phi) is 6.13. The van der Waals surface area contributed by atoms with Gasteiger partial charge in [0.05, 0.1) is 7.11 Å². The van der Waals surface area contributed by atoms with E-state index in [2.05, 4.69) is 84.9 Å². The van der Waals surface area contributed by atoms with Gasteiger partial charge in [0.1, 0.15) is 5.76 Å². The van der Waals surface area contributed by atoms with Crippen LogP contribution in [0, 0.1) is 0 Å². The van der Waals surface area contributed by atoms with Crippen molar-refractivity contribution in [2.75, 3.05) is 7.11 Å². The molecule has 0 fully saturated rings. The van der Waals surface area contributed by atoms with Crippen molar-refractivity contribution in [1.82, 2.24) is 0 Å². The molecule has 142 valence electrons. The zero-order valence-corrected chi connectivity index (χ0v) is 17.1. The Morgan fingerprint density at radius 3 is 1.72 bits per heavy atom. The Morgan fingerprint density at radius 1 is 0.586 bits per heavy atom. The maximum Gasteiger partial charge on any atom is 0.134 e. The zero-order chi connectivity index (χ0) is 19.9. The predicted molar refractivity (Wildman–Crippen MR) is 123 cm³/mol. The van der Waals surface area contributed by atoms with Crippen LogP contribution in [0.1, 0.15) is 16.7 Å². The third-order valence-corrected chi connectivity index (χ3v) is 5.74. The lowest BCUT2D eigenvalue weighted by Crippen LogP contribution is -1.98. The second-order valence-corrected chi connectivity index (χ2v) is 7.67. The van der Waals surface area contributed by atoms with E-state index in [-0.39, 0.29) is 0 Å². The number of rotatable bonds is 6. The summed E-state index contributed by atoms with van der Waals surface area (Å²) in [4.78, 5) is 2.41. The summed E-state index contributed by atoms with van der Waals surface area (Å²) in [5, 5.41) is 0. The molecule has 0 saturated heterocycles. The quantitative estimate of drug-likeness (QED) is 0.249. The summed E-state index contributed by atoms with van der Waals surface area (Å²) >= 11 is 1.77. The highest BCUT2D eigenvalue weighted by molar-refractivity contribution is 7.99. The minimum Gasteiger partial charge on any atom is -0.495 e. The summed E-state index contributed by atoms with van der Waals surface area (Å²) < 4.78 is 5.98. The normalized spacial score (nSPS) is 11.6. The van der Waals surface area contributed by atoms with Crippen LogP contribution >= 0.6 is 11.8 Å². The van der Waals surface area contributed by atoms with Gasteiger partial charge in [0, 0.05) is 20.9 Å². The topological polar surface area (TPSA) is 9.23 Å². The average molecular weight is 395 g/mol. The molecular formula is C27H22OS. The largest absolute Gasteiger partial charge is 0.495 e. The molecule has 0 aromatic heterocycles. The number of ether oxygens (including phenoxy) is 1. The second-order valence-electron chi connectivity index (χ2n) is 6.55. The van der Waals surface area contributed by atoms with Crippen molar-refractivity contribution in [3.63, 3.8) is 0 Å². The van der Waals surface area contributed by atoms with Crippen molar-refractivity contribution in [3.05, 3.63) is 132 Å². The smallest absolute Gasteiger partial charge is 0.134 e. The molecule has 0 heterocycles. The molecule has 0 spiro atoms. The first kappa shape index (κ1) is 19.1. The molecule has 0 unspecified atom stereocenters. The fraction of sp³-hybridized carbons (Fsp3) is 0.0370. The lowest BCUT2D eigenvalue weighted by Gasteiger charge is -2.18. The van der Waals surface area contributed by atoms with E-state index in [1.165, 1.54) is 9.79 Å². The van der Waals surface area contributed by atoms with Gasteiger partial charge >= 0.3 is 0 Å². The van der Waals surface area contributed by atoms with Gasteiger partial charge in [-0.15, -0.1) is 0 Å². The standard InChI is InChI=1S/C27H22OS/c1-28-27(22-15-7-3-8-16-22)26(21-13-5-2-6-14-21)24-19-11-12-20-25(24)29-23-17-9-4-10-18-23/h2-20H,1H3/b27-26-. The highest BCUT2D eigenvalue weighted by atomic mass is 32.2. The maximum absolute atomic E-state index is 5.98. The third kappa shape index (κ3) is 4.44. The van der Waals surface area contributed by atoms with E-state index >= 15 is 0 Å². The Bertz CT molecular complexity index is 1090. The minimum atomic E-state index is 0.873. The van der Waals surface area contributed by atoms with Crippen molar-refractivity contribution in [1.29, 1.82) is 0 Å². The number of benzene rings is 4. The fourth-order valence-electron chi connectivity index (χ4n) is 3.35. The van der Waals surface area contributed by atoms with Gasteiger partial charge in [-0.3, -0.25) is 0 Å². The molecule has 0 N–H and O–H groups in total. The van der Waals surface area contributed by atoms with Crippen LogP contribution in [0.25, 0.3) is 11.3 Å². The van der Waals surface area contributed by atoms with E-state index in [1.54, 1.807) is 18.9 Å². The molecule has 0 bridgehead atoms. The lowest BCUT2D eigenvalue weighted by atomic mass is 9.94. The van der Waals surface area contributed by atoms with Gasteiger partial charge < -0.3 is 4.74 Å². The summed E-state index contributed by atoms with van der Waals surface area (Å²) in [6, 6.07) is 39.8. The molecule has 4 aromatic rings. The van der Waals surface area contributed by atoms with Crippen LogP contribution in [0.3, 0.4) is 0 Å². The van der Waals surface area contributed by atoms with E-state index in [1.807, 2.05) is 30.3 Å². The Labute approximate surface area is 176 Å². The molecule has 0 amide bonds. The highest BCUT2D eigenvalue weighted by Crippen LogP contribution is 2.39. The van der Waals surface area contributed by atoms with Crippen molar-refractivity contribution in [3.8, 4) is 0 Å². The van der Waals surface area contributed by atoms with Gasteiger partial charge in [-0.25, -0.2) is 0 Å². The molecule has 29 heavy (non-hydrogen) atoms. The fourth-order valence-corrected chi connectivity index (χ4v) is 4.32. The predicted octanol–water partition coefficient (Wildman–Crippen LogP) is 7.40. The van der Waals surface area contributed by atoms with Gasteiger partial charge in [-0.05, 0) is 29.3 Å². The van der Waals surface area contributed by atoms with Crippen molar-refractivity contribution in [2.45, 2.75) is 9.79 Å². The second kappa shape index (κ2) is 9.31. The first-order valence-electron chi connectivity index (χ1n) is 9.58. The Hall–Kier alpha value is -3.23. The number of hydrogen-bond donors (Lipinski definition) is 0. The molecule has 0 atom stereocenters. The highest BCUT2D eigenvalue weighted by Gasteiger charge is 2.18. The van der Waals surface area contributed by atoms with E-state index < -0.39 is 0 Å². The van der Waals surface area contributed by atoms with Crippen LogP contribution in [-0.2, 0) is 4.74 Å². The van der Waals surface area contributed by atoms with Crippen LogP contribution in [0.15, 0.2) is 125 Å². The SMILES string of the molecule is CO/C(=C(/c1ccccc1)c1ccccc1Sc1ccccc1)c1ccccc1. The molecule has 0 aliphatic heterocycles. The van der Waals surface area contributed by atoms with Gasteiger partial charge in [0.25, 0.3) is 0 Å². The van der Waals surface area contributed by atoms with Gasteiger partial charge in [0.2, 0.25) is 0 Å². The van der Waals surface area contributed by atoms with Crippen molar-refractivity contribution >= 4 is 23.1 Å². The lowest BCUT2D eigenvalue weighted by molar-refractivity contribution is 0.371. The number of hydrogen-bond acceptors (Lipinski definition) is 2. The minimum absolute atomic E-state index is 0.873. The molecule has 0 saturated carbocycles.